The SMILES string of the molecule is CCC1CCCCC1OC1CC(Cl)C1(C)CC. The fourth-order valence-corrected chi connectivity index (χ4v) is 3.92. The number of rotatable bonds is 4. The van der Waals surface area contributed by atoms with Gasteiger partial charge in [-0.25, -0.2) is 0 Å². The maximum absolute atomic E-state index is 6.42. The molecule has 0 aromatic rings. The third-order valence-electron chi connectivity index (χ3n) is 5.34. The lowest BCUT2D eigenvalue weighted by Crippen LogP contribution is -2.55. The monoisotopic (exact) mass is 258 g/mol. The highest BCUT2D eigenvalue weighted by Crippen LogP contribution is 2.50. The first-order valence-corrected chi connectivity index (χ1v) is 7.85. The molecule has 2 fully saturated rings. The average molecular weight is 259 g/mol. The van der Waals surface area contributed by atoms with Crippen LogP contribution >= 0.6 is 11.6 Å². The maximum Gasteiger partial charge on any atom is 0.0660 e. The van der Waals surface area contributed by atoms with Crippen LogP contribution in [0.1, 0.15) is 65.7 Å². The maximum atomic E-state index is 6.42. The number of hydrogen-bond acceptors (Lipinski definition) is 1. The van der Waals surface area contributed by atoms with E-state index < -0.39 is 0 Å². The summed E-state index contributed by atoms with van der Waals surface area (Å²) >= 11 is 6.36. The quantitative estimate of drug-likeness (QED) is 0.660. The van der Waals surface area contributed by atoms with E-state index in [9.17, 15) is 0 Å². The third-order valence-corrected chi connectivity index (χ3v) is 6.01. The predicted molar refractivity (Wildman–Crippen MR) is 73.6 cm³/mol. The Kier molecular flexibility index (Phi) is 4.41. The molecule has 0 heterocycles. The van der Waals surface area contributed by atoms with Crippen molar-refractivity contribution < 1.29 is 4.74 Å². The van der Waals surface area contributed by atoms with Crippen LogP contribution in [0.4, 0.5) is 0 Å². The lowest BCUT2D eigenvalue weighted by atomic mass is 9.65. The topological polar surface area (TPSA) is 9.23 Å². The van der Waals surface area contributed by atoms with Crippen molar-refractivity contribution in [1.82, 2.24) is 0 Å². The molecule has 5 atom stereocenters. The van der Waals surface area contributed by atoms with Gasteiger partial charge in [0.25, 0.3) is 0 Å². The van der Waals surface area contributed by atoms with Gasteiger partial charge < -0.3 is 4.74 Å². The highest BCUT2D eigenvalue weighted by molar-refractivity contribution is 6.21. The molecule has 2 rings (SSSR count). The Hall–Kier alpha value is 0.250. The number of halogens is 1. The van der Waals surface area contributed by atoms with Gasteiger partial charge in [-0.05, 0) is 31.6 Å². The van der Waals surface area contributed by atoms with E-state index in [1.807, 2.05) is 0 Å². The zero-order chi connectivity index (χ0) is 12.5. The normalized spacial score (nSPS) is 46.6. The van der Waals surface area contributed by atoms with Gasteiger partial charge in [-0.3, -0.25) is 0 Å². The van der Waals surface area contributed by atoms with Crippen molar-refractivity contribution in [2.75, 3.05) is 0 Å². The van der Waals surface area contributed by atoms with Gasteiger partial charge >= 0.3 is 0 Å². The first-order chi connectivity index (χ1) is 8.11. The fourth-order valence-electron chi connectivity index (χ4n) is 3.46. The Bertz CT molecular complexity index is 253. The molecule has 100 valence electrons. The molecule has 0 N–H and O–H groups in total. The largest absolute Gasteiger partial charge is 0.374 e. The molecule has 0 amide bonds. The summed E-state index contributed by atoms with van der Waals surface area (Å²) in [4.78, 5) is 0. The summed E-state index contributed by atoms with van der Waals surface area (Å²) in [6.07, 6.45) is 9.75. The first kappa shape index (κ1) is 13.7. The van der Waals surface area contributed by atoms with E-state index in [0.717, 1.165) is 18.8 Å². The Morgan fingerprint density at radius 3 is 2.53 bits per heavy atom. The molecule has 0 aliphatic heterocycles. The lowest BCUT2D eigenvalue weighted by molar-refractivity contribution is -0.155. The van der Waals surface area contributed by atoms with Crippen molar-refractivity contribution in [1.29, 1.82) is 0 Å². The minimum Gasteiger partial charge on any atom is -0.374 e. The van der Waals surface area contributed by atoms with Crippen LogP contribution in [0.5, 0.6) is 0 Å². The molecule has 1 nitrogen and oxygen atoms in total. The molecule has 2 saturated carbocycles. The van der Waals surface area contributed by atoms with Crippen LogP contribution in [-0.4, -0.2) is 17.6 Å². The van der Waals surface area contributed by atoms with Gasteiger partial charge in [-0.2, -0.15) is 0 Å². The summed E-state index contributed by atoms with van der Waals surface area (Å²) in [5, 5.41) is 0.321. The zero-order valence-electron chi connectivity index (χ0n) is 11.5. The van der Waals surface area contributed by atoms with Gasteiger partial charge in [0.1, 0.15) is 0 Å². The summed E-state index contributed by atoms with van der Waals surface area (Å²) < 4.78 is 6.42. The van der Waals surface area contributed by atoms with Crippen LogP contribution in [0.15, 0.2) is 0 Å². The molecule has 2 aliphatic carbocycles. The summed E-state index contributed by atoms with van der Waals surface area (Å²) in [6.45, 7) is 6.84. The molecule has 0 radical (unpaired) electrons. The van der Waals surface area contributed by atoms with Crippen LogP contribution < -0.4 is 0 Å². The van der Waals surface area contributed by atoms with Crippen LogP contribution in [0.25, 0.3) is 0 Å². The van der Waals surface area contributed by atoms with E-state index in [0.29, 0.717) is 17.6 Å². The summed E-state index contributed by atoms with van der Waals surface area (Å²) in [6, 6.07) is 0. The Labute approximate surface area is 111 Å². The van der Waals surface area contributed by atoms with Crippen LogP contribution in [0, 0.1) is 11.3 Å². The van der Waals surface area contributed by atoms with Crippen LogP contribution in [-0.2, 0) is 4.74 Å². The van der Waals surface area contributed by atoms with E-state index in [1.165, 1.54) is 32.1 Å². The molecule has 0 aromatic heterocycles. The number of alkyl halides is 1. The minimum absolute atomic E-state index is 0.220. The molecule has 17 heavy (non-hydrogen) atoms. The van der Waals surface area contributed by atoms with E-state index in [4.69, 9.17) is 16.3 Å². The number of ether oxygens (including phenoxy) is 1. The van der Waals surface area contributed by atoms with Gasteiger partial charge in [0.15, 0.2) is 0 Å². The smallest absolute Gasteiger partial charge is 0.0660 e. The van der Waals surface area contributed by atoms with Crippen molar-refractivity contribution in [3.05, 3.63) is 0 Å². The van der Waals surface area contributed by atoms with Crippen molar-refractivity contribution in [2.24, 2.45) is 11.3 Å². The van der Waals surface area contributed by atoms with Crippen molar-refractivity contribution in [2.45, 2.75) is 83.3 Å². The summed E-state index contributed by atoms with van der Waals surface area (Å²) in [5.41, 5.74) is 0.220. The van der Waals surface area contributed by atoms with Crippen LogP contribution in [0.3, 0.4) is 0 Å². The highest BCUT2D eigenvalue weighted by Gasteiger charge is 2.51. The van der Waals surface area contributed by atoms with Gasteiger partial charge in [-0.15, -0.1) is 11.6 Å². The second-order valence-corrected chi connectivity index (χ2v) is 6.71. The highest BCUT2D eigenvalue weighted by atomic mass is 35.5. The van der Waals surface area contributed by atoms with Gasteiger partial charge in [-0.1, -0.05) is 40.0 Å². The minimum atomic E-state index is 0.220. The molecule has 0 saturated heterocycles. The van der Waals surface area contributed by atoms with E-state index >= 15 is 0 Å². The average Bonchev–Trinajstić information content (AvgIpc) is 2.37. The van der Waals surface area contributed by atoms with Crippen molar-refractivity contribution in [3.8, 4) is 0 Å². The Balaban J connectivity index is 1.92. The molecular weight excluding hydrogens is 232 g/mol. The molecule has 0 bridgehead atoms. The molecule has 5 unspecified atom stereocenters. The summed E-state index contributed by atoms with van der Waals surface area (Å²) in [5.74, 6) is 0.791. The molecule has 2 heteroatoms. The second kappa shape index (κ2) is 5.48. The zero-order valence-corrected chi connectivity index (χ0v) is 12.3. The summed E-state index contributed by atoms with van der Waals surface area (Å²) in [7, 11) is 0. The molecule has 0 aromatic carbocycles. The fraction of sp³-hybridized carbons (Fsp3) is 1.00. The van der Waals surface area contributed by atoms with Crippen LogP contribution in [0.2, 0.25) is 0 Å². The van der Waals surface area contributed by atoms with E-state index in [2.05, 4.69) is 20.8 Å². The second-order valence-electron chi connectivity index (χ2n) is 6.18. The first-order valence-electron chi connectivity index (χ1n) is 7.41. The lowest BCUT2D eigenvalue weighted by Gasteiger charge is -2.52. The predicted octanol–water partition coefficient (Wildman–Crippen LogP) is 4.77. The molecule has 2 aliphatic rings. The molecular formula is C15H27ClO. The van der Waals surface area contributed by atoms with E-state index in [1.54, 1.807) is 0 Å². The Morgan fingerprint density at radius 2 is 1.94 bits per heavy atom. The third kappa shape index (κ3) is 2.51. The van der Waals surface area contributed by atoms with Crippen molar-refractivity contribution in [3.63, 3.8) is 0 Å². The standard InChI is InChI=1S/C15H27ClO/c1-4-11-8-6-7-9-12(11)17-14-10-13(16)15(14,3)5-2/h11-14H,4-10H2,1-3H3. The van der Waals surface area contributed by atoms with Gasteiger partial charge in [0.2, 0.25) is 0 Å². The van der Waals surface area contributed by atoms with E-state index in [-0.39, 0.29) is 5.41 Å². The number of hydrogen-bond donors (Lipinski definition) is 0. The van der Waals surface area contributed by atoms with Gasteiger partial charge in [0.05, 0.1) is 12.2 Å². The van der Waals surface area contributed by atoms with Gasteiger partial charge in [0, 0.05) is 10.8 Å². The van der Waals surface area contributed by atoms with Crippen molar-refractivity contribution >= 4 is 11.6 Å². The molecule has 0 spiro atoms. The Morgan fingerprint density at radius 1 is 1.24 bits per heavy atom.